The Kier molecular flexibility index (Phi) is 4.34. The van der Waals surface area contributed by atoms with Crippen LogP contribution in [0, 0.1) is 0 Å². The average molecular weight is 295 g/mol. The molecule has 0 saturated heterocycles. The number of aromatic nitrogens is 4. The quantitative estimate of drug-likeness (QED) is 0.760. The molecule has 5 nitrogen and oxygen atoms in total. The first-order chi connectivity index (χ1) is 10.7. The summed E-state index contributed by atoms with van der Waals surface area (Å²) >= 11 is 0. The van der Waals surface area contributed by atoms with Gasteiger partial charge in [0.05, 0.1) is 17.4 Å². The molecule has 0 saturated carbocycles. The van der Waals surface area contributed by atoms with Crippen molar-refractivity contribution in [3.05, 3.63) is 66.7 Å². The maximum atomic E-state index is 4.61. The fourth-order valence-corrected chi connectivity index (χ4v) is 2.37. The molecule has 0 bridgehead atoms. The minimum Gasteiger partial charge on any atom is -0.306 e. The van der Waals surface area contributed by atoms with Gasteiger partial charge in [-0.3, -0.25) is 4.68 Å². The predicted molar refractivity (Wildman–Crippen MR) is 86.8 cm³/mol. The number of para-hydroxylation sites is 1. The maximum absolute atomic E-state index is 4.61. The van der Waals surface area contributed by atoms with Gasteiger partial charge in [0.1, 0.15) is 0 Å². The minimum absolute atomic E-state index is 0.297. The van der Waals surface area contributed by atoms with Crippen LogP contribution < -0.4 is 5.32 Å². The van der Waals surface area contributed by atoms with Crippen molar-refractivity contribution in [2.24, 2.45) is 0 Å². The smallest absolute Gasteiger partial charge is 0.0766 e. The first kappa shape index (κ1) is 14.5. The van der Waals surface area contributed by atoms with Gasteiger partial charge in [-0.25, -0.2) is 4.68 Å². The zero-order chi connectivity index (χ0) is 15.4. The number of hydrogen-bond acceptors (Lipinski definition) is 3. The van der Waals surface area contributed by atoms with Gasteiger partial charge < -0.3 is 5.32 Å². The number of nitrogens with zero attached hydrogens (tertiary/aromatic N) is 4. The van der Waals surface area contributed by atoms with Gasteiger partial charge in [-0.05, 0) is 38.1 Å². The van der Waals surface area contributed by atoms with Crippen molar-refractivity contribution < 1.29 is 0 Å². The third-order valence-corrected chi connectivity index (χ3v) is 3.94. The molecule has 5 heteroatoms. The second-order valence-electron chi connectivity index (χ2n) is 5.48. The van der Waals surface area contributed by atoms with Crippen LogP contribution in [-0.4, -0.2) is 25.6 Å². The van der Waals surface area contributed by atoms with Crippen LogP contribution in [0.5, 0.6) is 0 Å². The largest absolute Gasteiger partial charge is 0.306 e. The normalized spacial score (nSPS) is 13.9. The molecule has 0 radical (unpaired) electrons. The summed E-state index contributed by atoms with van der Waals surface area (Å²) < 4.78 is 3.87. The summed E-state index contributed by atoms with van der Waals surface area (Å²) in [6.45, 7) is 5.07. The molecule has 2 heterocycles. The van der Waals surface area contributed by atoms with Crippen molar-refractivity contribution in [2.75, 3.05) is 0 Å². The van der Waals surface area contributed by atoms with Crippen LogP contribution in [0.2, 0.25) is 0 Å². The number of rotatable bonds is 6. The summed E-state index contributed by atoms with van der Waals surface area (Å²) in [6, 6.07) is 14.7. The molecule has 3 rings (SSSR count). The van der Waals surface area contributed by atoms with Crippen molar-refractivity contribution in [1.29, 1.82) is 0 Å². The van der Waals surface area contributed by atoms with Gasteiger partial charge in [-0.15, -0.1) is 0 Å². The highest BCUT2D eigenvalue weighted by Crippen LogP contribution is 2.10. The Labute approximate surface area is 130 Å². The molecule has 114 valence electrons. The predicted octanol–water partition coefficient (Wildman–Crippen LogP) is 2.81. The molecule has 0 aliphatic rings. The van der Waals surface area contributed by atoms with Crippen LogP contribution in [0.3, 0.4) is 0 Å². The monoisotopic (exact) mass is 295 g/mol. The molecule has 0 aliphatic heterocycles. The summed E-state index contributed by atoms with van der Waals surface area (Å²) in [6.07, 6.45) is 5.80. The Balaban J connectivity index is 1.59. The van der Waals surface area contributed by atoms with Crippen molar-refractivity contribution in [1.82, 2.24) is 24.9 Å². The fraction of sp³-hybridized carbons (Fsp3) is 0.294. The van der Waals surface area contributed by atoms with Gasteiger partial charge in [-0.1, -0.05) is 18.2 Å². The van der Waals surface area contributed by atoms with Crippen LogP contribution in [0.25, 0.3) is 5.69 Å². The third-order valence-electron chi connectivity index (χ3n) is 3.94. The highest BCUT2D eigenvalue weighted by atomic mass is 15.3. The molecule has 2 aromatic heterocycles. The first-order valence-corrected chi connectivity index (χ1v) is 7.56. The van der Waals surface area contributed by atoms with Crippen LogP contribution in [-0.2, 0) is 6.54 Å². The summed E-state index contributed by atoms with van der Waals surface area (Å²) in [5, 5.41) is 12.4. The lowest BCUT2D eigenvalue weighted by Gasteiger charge is -2.21. The molecule has 0 unspecified atom stereocenters. The van der Waals surface area contributed by atoms with Crippen LogP contribution >= 0.6 is 0 Å². The van der Waals surface area contributed by atoms with Gasteiger partial charge in [0.2, 0.25) is 0 Å². The lowest BCUT2D eigenvalue weighted by atomic mass is 10.1. The van der Waals surface area contributed by atoms with E-state index in [-0.39, 0.29) is 0 Å². The molecule has 0 aliphatic carbocycles. The van der Waals surface area contributed by atoms with Gasteiger partial charge >= 0.3 is 0 Å². The number of benzene rings is 1. The van der Waals surface area contributed by atoms with E-state index < -0.39 is 0 Å². The zero-order valence-corrected chi connectivity index (χ0v) is 12.9. The van der Waals surface area contributed by atoms with E-state index in [2.05, 4.69) is 29.4 Å². The summed E-state index contributed by atoms with van der Waals surface area (Å²) in [7, 11) is 0. The summed E-state index contributed by atoms with van der Waals surface area (Å²) in [5.41, 5.74) is 2.11. The topological polar surface area (TPSA) is 47.7 Å². The first-order valence-electron chi connectivity index (χ1n) is 7.56. The summed E-state index contributed by atoms with van der Waals surface area (Å²) in [5.74, 6) is 0. The lowest BCUT2D eigenvalue weighted by Crippen LogP contribution is -2.33. The van der Waals surface area contributed by atoms with Crippen molar-refractivity contribution in [3.8, 4) is 5.69 Å². The Bertz CT molecular complexity index is 687. The van der Waals surface area contributed by atoms with E-state index in [9.17, 15) is 0 Å². The molecule has 0 fully saturated rings. The van der Waals surface area contributed by atoms with Crippen LogP contribution in [0.4, 0.5) is 0 Å². The molecule has 1 aromatic carbocycles. The molecular formula is C17H21N5. The zero-order valence-electron chi connectivity index (χ0n) is 12.9. The minimum atomic E-state index is 0.297. The van der Waals surface area contributed by atoms with Gasteiger partial charge in [0.15, 0.2) is 0 Å². The Morgan fingerprint density at radius 3 is 2.59 bits per heavy atom. The molecule has 0 amide bonds. The second kappa shape index (κ2) is 6.58. The highest BCUT2D eigenvalue weighted by Gasteiger charge is 2.14. The molecule has 22 heavy (non-hydrogen) atoms. The molecular weight excluding hydrogens is 274 g/mol. The van der Waals surface area contributed by atoms with E-state index in [4.69, 9.17) is 0 Å². The Morgan fingerprint density at radius 1 is 1.05 bits per heavy atom. The fourth-order valence-electron chi connectivity index (χ4n) is 2.37. The standard InChI is InChI=1S/C17H21N5/c1-14(15(2)21-11-6-10-19-21)18-13-16-9-12-22(20-16)17-7-4-3-5-8-17/h3-12,14-15,18H,13H2,1-2H3/t14-,15-/m0/s1. The van der Waals surface area contributed by atoms with E-state index in [1.54, 1.807) is 0 Å². The summed E-state index contributed by atoms with van der Waals surface area (Å²) in [4.78, 5) is 0. The number of hydrogen-bond donors (Lipinski definition) is 1. The third kappa shape index (κ3) is 3.26. The second-order valence-corrected chi connectivity index (χ2v) is 5.48. The molecule has 3 aromatic rings. The van der Waals surface area contributed by atoms with Gasteiger partial charge in [0, 0.05) is 31.2 Å². The van der Waals surface area contributed by atoms with E-state index in [0.29, 0.717) is 12.1 Å². The van der Waals surface area contributed by atoms with E-state index in [1.165, 1.54) is 0 Å². The lowest BCUT2D eigenvalue weighted by molar-refractivity contribution is 0.363. The van der Waals surface area contributed by atoms with Crippen molar-refractivity contribution >= 4 is 0 Å². The van der Waals surface area contributed by atoms with E-state index in [0.717, 1.165) is 17.9 Å². The Hall–Kier alpha value is -2.40. The Morgan fingerprint density at radius 2 is 1.86 bits per heavy atom. The molecule has 1 N–H and O–H groups in total. The molecule has 2 atom stereocenters. The average Bonchev–Trinajstić information content (AvgIpc) is 3.24. The van der Waals surface area contributed by atoms with E-state index in [1.807, 2.05) is 70.4 Å². The SMILES string of the molecule is C[C@H](NCc1ccn(-c2ccccc2)n1)[C@H](C)n1cccn1. The van der Waals surface area contributed by atoms with Crippen LogP contribution in [0.1, 0.15) is 25.6 Å². The van der Waals surface area contributed by atoms with Crippen molar-refractivity contribution in [3.63, 3.8) is 0 Å². The van der Waals surface area contributed by atoms with Gasteiger partial charge in [-0.2, -0.15) is 10.2 Å². The number of nitrogens with one attached hydrogen (secondary N) is 1. The van der Waals surface area contributed by atoms with Crippen LogP contribution in [0.15, 0.2) is 61.1 Å². The molecule has 0 spiro atoms. The highest BCUT2D eigenvalue weighted by molar-refractivity contribution is 5.30. The van der Waals surface area contributed by atoms with Gasteiger partial charge in [0.25, 0.3) is 0 Å². The maximum Gasteiger partial charge on any atom is 0.0766 e. The van der Waals surface area contributed by atoms with E-state index >= 15 is 0 Å². The van der Waals surface area contributed by atoms with Crippen molar-refractivity contribution in [2.45, 2.75) is 32.5 Å².